The standard InChI is InChI=1S/C26H31F3N2/c1-20(2)13-15-30(17-23-7-4-6-21(3)16-23)19-25-8-5-14-31(25)18-22-9-11-24(12-10-22)26(27,28)29/h4-12,14,16,20H,13,15,17-19H2,1-3H3. The quantitative estimate of drug-likeness (QED) is 0.359. The topological polar surface area (TPSA) is 8.17 Å². The maximum Gasteiger partial charge on any atom is 0.416 e. The number of hydrogen-bond acceptors (Lipinski definition) is 1. The average molecular weight is 429 g/mol. The highest BCUT2D eigenvalue weighted by atomic mass is 19.4. The number of hydrogen-bond donors (Lipinski definition) is 0. The van der Waals surface area contributed by atoms with Crippen LogP contribution in [0.1, 0.15) is 48.2 Å². The highest BCUT2D eigenvalue weighted by molar-refractivity contribution is 5.26. The summed E-state index contributed by atoms with van der Waals surface area (Å²) >= 11 is 0. The van der Waals surface area contributed by atoms with Crippen LogP contribution in [0.15, 0.2) is 66.9 Å². The van der Waals surface area contributed by atoms with Gasteiger partial charge in [-0.05, 0) is 61.2 Å². The van der Waals surface area contributed by atoms with Gasteiger partial charge in [-0.1, -0.05) is 55.8 Å². The molecule has 0 saturated carbocycles. The largest absolute Gasteiger partial charge is 0.416 e. The average Bonchev–Trinajstić information content (AvgIpc) is 3.12. The van der Waals surface area contributed by atoms with Crippen LogP contribution >= 0.6 is 0 Å². The summed E-state index contributed by atoms with van der Waals surface area (Å²) < 4.78 is 40.6. The van der Waals surface area contributed by atoms with E-state index in [2.05, 4.69) is 60.6 Å². The lowest BCUT2D eigenvalue weighted by Gasteiger charge is -2.24. The molecule has 31 heavy (non-hydrogen) atoms. The van der Waals surface area contributed by atoms with Crippen molar-refractivity contribution >= 4 is 0 Å². The van der Waals surface area contributed by atoms with Gasteiger partial charge < -0.3 is 4.57 Å². The van der Waals surface area contributed by atoms with Crippen molar-refractivity contribution in [3.05, 3.63) is 94.8 Å². The number of aromatic nitrogens is 1. The van der Waals surface area contributed by atoms with E-state index in [4.69, 9.17) is 0 Å². The van der Waals surface area contributed by atoms with E-state index in [1.54, 1.807) is 12.1 Å². The van der Waals surface area contributed by atoms with E-state index in [-0.39, 0.29) is 0 Å². The summed E-state index contributed by atoms with van der Waals surface area (Å²) in [6, 6.07) is 18.1. The fraction of sp³-hybridized carbons (Fsp3) is 0.385. The van der Waals surface area contributed by atoms with Crippen molar-refractivity contribution in [1.82, 2.24) is 9.47 Å². The number of rotatable bonds is 9. The molecular formula is C26H31F3N2. The van der Waals surface area contributed by atoms with E-state index in [9.17, 15) is 13.2 Å². The maximum atomic E-state index is 12.8. The van der Waals surface area contributed by atoms with Crippen LogP contribution in [-0.2, 0) is 25.8 Å². The summed E-state index contributed by atoms with van der Waals surface area (Å²) in [6.07, 6.45) is -1.18. The van der Waals surface area contributed by atoms with Crippen molar-refractivity contribution in [2.75, 3.05) is 6.54 Å². The van der Waals surface area contributed by atoms with E-state index in [1.807, 2.05) is 12.3 Å². The highest BCUT2D eigenvalue weighted by Crippen LogP contribution is 2.29. The van der Waals surface area contributed by atoms with Gasteiger partial charge >= 0.3 is 6.18 Å². The molecule has 0 aliphatic heterocycles. The zero-order chi connectivity index (χ0) is 22.4. The Labute approximate surface area is 183 Å². The lowest BCUT2D eigenvalue weighted by atomic mass is 10.1. The smallest absolute Gasteiger partial charge is 0.346 e. The highest BCUT2D eigenvalue weighted by Gasteiger charge is 2.29. The monoisotopic (exact) mass is 428 g/mol. The second-order valence-electron chi connectivity index (χ2n) is 8.70. The molecular weight excluding hydrogens is 397 g/mol. The molecule has 2 aromatic carbocycles. The molecule has 0 spiro atoms. The third-order valence-electron chi connectivity index (χ3n) is 5.45. The van der Waals surface area contributed by atoms with Crippen LogP contribution in [0.25, 0.3) is 0 Å². The summed E-state index contributed by atoms with van der Waals surface area (Å²) in [7, 11) is 0. The van der Waals surface area contributed by atoms with E-state index >= 15 is 0 Å². The van der Waals surface area contributed by atoms with Gasteiger partial charge in [-0.15, -0.1) is 0 Å². The molecule has 0 atom stereocenters. The van der Waals surface area contributed by atoms with Crippen molar-refractivity contribution in [1.29, 1.82) is 0 Å². The molecule has 2 nitrogen and oxygen atoms in total. The van der Waals surface area contributed by atoms with Gasteiger partial charge in [0, 0.05) is 31.5 Å². The molecule has 5 heteroatoms. The summed E-state index contributed by atoms with van der Waals surface area (Å²) in [5, 5.41) is 0. The molecule has 0 aliphatic rings. The van der Waals surface area contributed by atoms with Crippen molar-refractivity contribution in [3.63, 3.8) is 0 Å². The Morgan fingerprint density at radius 3 is 2.29 bits per heavy atom. The Bertz CT molecular complexity index is 955. The molecule has 0 bridgehead atoms. The normalized spacial score (nSPS) is 12.1. The van der Waals surface area contributed by atoms with Crippen LogP contribution in [0.3, 0.4) is 0 Å². The van der Waals surface area contributed by atoms with Crippen LogP contribution in [0, 0.1) is 12.8 Å². The Kier molecular flexibility index (Phi) is 7.60. The minimum atomic E-state index is -4.30. The van der Waals surface area contributed by atoms with Crippen LogP contribution in [0.4, 0.5) is 13.2 Å². The molecule has 0 unspecified atom stereocenters. The molecule has 0 amide bonds. The molecule has 0 saturated heterocycles. The van der Waals surface area contributed by atoms with Gasteiger partial charge in [-0.2, -0.15) is 13.2 Å². The number of aryl methyl sites for hydroxylation is 1. The first-order valence-electron chi connectivity index (χ1n) is 10.8. The molecule has 1 aromatic heterocycles. The fourth-order valence-electron chi connectivity index (χ4n) is 3.70. The van der Waals surface area contributed by atoms with Crippen molar-refractivity contribution in [2.45, 2.75) is 53.0 Å². The predicted molar refractivity (Wildman–Crippen MR) is 120 cm³/mol. The summed E-state index contributed by atoms with van der Waals surface area (Å²) in [4.78, 5) is 2.45. The minimum Gasteiger partial charge on any atom is -0.346 e. The zero-order valence-electron chi connectivity index (χ0n) is 18.5. The Morgan fingerprint density at radius 1 is 0.903 bits per heavy atom. The van der Waals surface area contributed by atoms with Crippen molar-refractivity contribution in [3.8, 4) is 0 Å². The van der Waals surface area contributed by atoms with Crippen LogP contribution in [-0.4, -0.2) is 16.0 Å². The van der Waals surface area contributed by atoms with E-state index in [0.29, 0.717) is 12.5 Å². The van der Waals surface area contributed by atoms with E-state index < -0.39 is 11.7 Å². The van der Waals surface area contributed by atoms with E-state index in [0.717, 1.165) is 49.4 Å². The second kappa shape index (κ2) is 10.2. The predicted octanol–water partition coefficient (Wildman–Crippen LogP) is 6.91. The first-order chi connectivity index (χ1) is 14.7. The molecule has 0 N–H and O–H groups in total. The minimum absolute atomic E-state index is 0.558. The number of halogens is 3. The van der Waals surface area contributed by atoms with Gasteiger partial charge in [-0.25, -0.2) is 0 Å². The van der Waals surface area contributed by atoms with Gasteiger partial charge in [0.15, 0.2) is 0 Å². The number of nitrogens with zero attached hydrogens (tertiary/aromatic N) is 2. The SMILES string of the molecule is Cc1cccc(CN(CCC(C)C)Cc2cccn2Cc2ccc(C(F)(F)F)cc2)c1. The molecule has 3 aromatic rings. The van der Waals surface area contributed by atoms with Gasteiger partial charge in [0.05, 0.1) is 5.56 Å². The number of benzene rings is 2. The first kappa shape index (κ1) is 23.1. The third-order valence-corrected chi connectivity index (χ3v) is 5.45. The van der Waals surface area contributed by atoms with Gasteiger partial charge in [0.25, 0.3) is 0 Å². The van der Waals surface area contributed by atoms with Crippen molar-refractivity contribution in [2.24, 2.45) is 5.92 Å². The van der Waals surface area contributed by atoms with Crippen molar-refractivity contribution < 1.29 is 13.2 Å². The molecule has 0 aliphatic carbocycles. The zero-order valence-corrected chi connectivity index (χ0v) is 18.5. The second-order valence-corrected chi connectivity index (χ2v) is 8.70. The molecule has 0 fully saturated rings. The van der Waals surface area contributed by atoms with E-state index in [1.165, 1.54) is 11.1 Å². The van der Waals surface area contributed by atoms with Gasteiger partial charge in [-0.3, -0.25) is 4.90 Å². The molecule has 0 radical (unpaired) electrons. The lowest BCUT2D eigenvalue weighted by Crippen LogP contribution is -2.26. The maximum absolute atomic E-state index is 12.8. The molecule has 3 rings (SSSR count). The van der Waals surface area contributed by atoms with Crippen LogP contribution < -0.4 is 0 Å². The number of alkyl halides is 3. The Balaban J connectivity index is 1.72. The lowest BCUT2D eigenvalue weighted by molar-refractivity contribution is -0.137. The summed E-state index contributed by atoms with van der Waals surface area (Å²) in [5.41, 5.74) is 3.97. The third kappa shape index (κ3) is 7.00. The van der Waals surface area contributed by atoms with Gasteiger partial charge in [0.1, 0.15) is 0 Å². The van der Waals surface area contributed by atoms with Gasteiger partial charge in [0.2, 0.25) is 0 Å². The Morgan fingerprint density at radius 2 is 1.65 bits per heavy atom. The fourth-order valence-corrected chi connectivity index (χ4v) is 3.70. The molecule has 166 valence electrons. The summed E-state index contributed by atoms with van der Waals surface area (Å²) in [5.74, 6) is 0.624. The first-order valence-corrected chi connectivity index (χ1v) is 10.8. The van der Waals surface area contributed by atoms with Crippen LogP contribution in [0.2, 0.25) is 0 Å². The Hall–Kier alpha value is -2.53. The van der Waals surface area contributed by atoms with Crippen LogP contribution in [0.5, 0.6) is 0 Å². The summed E-state index contributed by atoms with van der Waals surface area (Å²) in [6.45, 7) is 9.81. The molecule has 1 heterocycles.